The van der Waals surface area contributed by atoms with E-state index in [1.165, 1.54) is 5.56 Å². The van der Waals surface area contributed by atoms with Gasteiger partial charge < -0.3 is 14.4 Å². The fourth-order valence-electron chi connectivity index (χ4n) is 2.23. The van der Waals surface area contributed by atoms with Crippen molar-refractivity contribution in [3.05, 3.63) is 29.8 Å². The Balaban J connectivity index is 2.51. The maximum Gasteiger partial charge on any atom is 0.307 e. The van der Waals surface area contributed by atoms with Crippen LogP contribution in [-0.2, 0) is 20.7 Å². The van der Waals surface area contributed by atoms with Crippen molar-refractivity contribution in [3.8, 4) is 5.75 Å². The number of esters is 1. The molecule has 5 heteroatoms. The zero-order valence-electron chi connectivity index (χ0n) is 15.0. The second kappa shape index (κ2) is 11.5. The highest BCUT2D eigenvalue weighted by Gasteiger charge is 2.15. The van der Waals surface area contributed by atoms with E-state index in [9.17, 15) is 9.59 Å². The Morgan fingerprint density at radius 1 is 1.04 bits per heavy atom. The summed E-state index contributed by atoms with van der Waals surface area (Å²) in [6.45, 7) is 7.28. The third-order valence-electron chi connectivity index (χ3n) is 3.72. The van der Waals surface area contributed by atoms with Crippen LogP contribution < -0.4 is 4.74 Å². The number of amides is 1. The average molecular weight is 335 g/mol. The molecule has 1 rings (SSSR count). The van der Waals surface area contributed by atoms with E-state index >= 15 is 0 Å². The molecule has 0 radical (unpaired) electrons. The summed E-state index contributed by atoms with van der Waals surface area (Å²) >= 11 is 0. The molecular weight excluding hydrogens is 306 g/mol. The van der Waals surface area contributed by atoms with Crippen molar-refractivity contribution in [2.24, 2.45) is 0 Å². The van der Waals surface area contributed by atoms with Crippen LogP contribution in [0.2, 0.25) is 0 Å². The van der Waals surface area contributed by atoms with Gasteiger partial charge in [0, 0.05) is 13.1 Å². The number of hydrogen-bond acceptors (Lipinski definition) is 4. The molecule has 0 bridgehead atoms. The molecule has 0 heterocycles. The lowest BCUT2D eigenvalue weighted by Crippen LogP contribution is -2.37. The van der Waals surface area contributed by atoms with Crippen molar-refractivity contribution in [1.82, 2.24) is 4.90 Å². The van der Waals surface area contributed by atoms with Crippen molar-refractivity contribution >= 4 is 11.9 Å². The summed E-state index contributed by atoms with van der Waals surface area (Å²) in [7, 11) is 0. The monoisotopic (exact) mass is 335 g/mol. The van der Waals surface area contributed by atoms with Crippen LogP contribution in [0.5, 0.6) is 5.75 Å². The van der Waals surface area contributed by atoms with E-state index in [-0.39, 0.29) is 24.9 Å². The number of ether oxygens (including phenoxy) is 2. The van der Waals surface area contributed by atoms with Crippen LogP contribution in [0.25, 0.3) is 0 Å². The first kappa shape index (κ1) is 20.0. The van der Waals surface area contributed by atoms with Crippen molar-refractivity contribution < 1.29 is 19.1 Å². The molecule has 1 amide bonds. The third kappa shape index (κ3) is 7.49. The Kier molecular flexibility index (Phi) is 9.58. The molecule has 1 aromatic carbocycles. The predicted octanol–water partition coefficient (Wildman–Crippen LogP) is 3.21. The maximum absolute atomic E-state index is 12.4. The van der Waals surface area contributed by atoms with Gasteiger partial charge in [0.1, 0.15) is 5.75 Å². The van der Waals surface area contributed by atoms with Gasteiger partial charge in [0.2, 0.25) is 0 Å². The molecule has 0 aliphatic heterocycles. The first-order chi connectivity index (χ1) is 11.6. The molecule has 0 aliphatic rings. The Morgan fingerprint density at radius 3 is 2.33 bits per heavy atom. The molecule has 0 unspecified atom stereocenters. The van der Waals surface area contributed by atoms with Crippen LogP contribution in [0.3, 0.4) is 0 Å². The summed E-state index contributed by atoms with van der Waals surface area (Å²) in [5, 5.41) is 0. The minimum Gasteiger partial charge on any atom is -0.484 e. The number of benzene rings is 1. The number of aryl methyl sites for hydroxylation is 1. The molecule has 0 saturated heterocycles. The molecule has 24 heavy (non-hydrogen) atoms. The van der Waals surface area contributed by atoms with Gasteiger partial charge in [-0.3, -0.25) is 9.59 Å². The van der Waals surface area contributed by atoms with E-state index in [4.69, 9.17) is 9.47 Å². The lowest BCUT2D eigenvalue weighted by Gasteiger charge is -2.22. The summed E-state index contributed by atoms with van der Waals surface area (Å²) in [5.41, 5.74) is 1.23. The molecule has 0 fully saturated rings. The van der Waals surface area contributed by atoms with E-state index in [0.29, 0.717) is 25.4 Å². The van der Waals surface area contributed by atoms with Crippen LogP contribution in [0.4, 0.5) is 0 Å². The molecule has 0 atom stereocenters. The topological polar surface area (TPSA) is 55.8 Å². The maximum atomic E-state index is 12.4. The number of rotatable bonds is 11. The highest BCUT2D eigenvalue weighted by Crippen LogP contribution is 2.12. The van der Waals surface area contributed by atoms with Crippen molar-refractivity contribution in [2.75, 3.05) is 26.3 Å². The molecule has 0 N–H and O–H groups in total. The molecule has 5 nitrogen and oxygen atoms in total. The highest BCUT2D eigenvalue weighted by molar-refractivity contribution is 5.78. The smallest absolute Gasteiger partial charge is 0.307 e. The zero-order valence-corrected chi connectivity index (χ0v) is 15.0. The number of hydrogen-bond donors (Lipinski definition) is 0. The average Bonchev–Trinajstić information content (AvgIpc) is 2.60. The van der Waals surface area contributed by atoms with E-state index in [0.717, 1.165) is 19.3 Å². The van der Waals surface area contributed by atoms with Crippen LogP contribution in [0.1, 0.15) is 45.6 Å². The molecule has 0 aliphatic carbocycles. The largest absolute Gasteiger partial charge is 0.484 e. The fraction of sp³-hybridized carbons (Fsp3) is 0.579. The van der Waals surface area contributed by atoms with Crippen LogP contribution in [-0.4, -0.2) is 43.1 Å². The summed E-state index contributed by atoms with van der Waals surface area (Å²) in [4.78, 5) is 25.5. The first-order valence-corrected chi connectivity index (χ1v) is 8.75. The quantitative estimate of drug-likeness (QED) is 0.583. The second-order valence-corrected chi connectivity index (χ2v) is 5.58. The Morgan fingerprint density at radius 2 is 1.75 bits per heavy atom. The SMILES string of the molecule is CCCCN(CCC(=O)OCC)C(=O)COc1ccc(CC)cc1. The van der Waals surface area contributed by atoms with Gasteiger partial charge in [-0.1, -0.05) is 32.4 Å². The van der Waals surface area contributed by atoms with E-state index in [1.54, 1.807) is 11.8 Å². The second-order valence-electron chi connectivity index (χ2n) is 5.58. The molecular formula is C19H29NO4. The van der Waals surface area contributed by atoms with Gasteiger partial charge in [0.05, 0.1) is 13.0 Å². The summed E-state index contributed by atoms with van der Waals surface area (Å²) in [5.74, 6) is 0.302. The minimum absolute atomic E-state index is 0.0159. The van der Waals surface area contributed by atoms with E-state index < -0.39 is 0 Å². The third-order valence-corrected chi connectivity index (χ3v) is 3.72. The van der Waals surface area contributed by atoms with Gasteiger partial charge in [-0.25, -0.2) is 0 Å². The Bertz CT molecular complexity index is 499. The fourth-order valence-corrected chi connectivity index (χ4v) is 2.23. The summed E-state index contributed by atoms with van der Waals surface area (Å²) in [6.07, 6.45) is 3.08. The van der Waals surface area contributed by atoms with Crippen LogP contribution in [0, 0.1) is 0 Å². The first-order valence-electron chi connectivity index (χ1n) is 8.75. The highest BCUT2D eigenvalue weighted by atomic mass is 16.5. The normalized spacial score (nSPS) is 10.3. The molecule has 134 valence electrons. The lowest BCUT2D eigenvalue weighted by atomic mass is 10.2. The van der Waals surface area contributed by atoms with Crippen LogP contribution in [0.15, 0.2) is 24.3 Å². The number of nitrogens with zero attached hydrogens (tertiary/aromatic N) is 1. The molecule has 1 aromatic rings. The van der Waals surface area contributed by atoms with Gasteiger partial charge in [-0.15, -0.1) is 0 Å². The zero-order chi connectivity index (χ0) is 17.8. The molecule has 0 spiro atoms. The van der Waals surface area contributed by atoms with Crippen LogP contribution >= 0.6 is 0 Å². The van der Waals surface area contributed by atoms with Gasteiger partial charge in [-0.2, -0.15) is 0 Å². The van der Waals surface area contributed by atoms with Gasteiger partial charge in [0.25, 0.3) is 5.91 Å². The Hall–Kier alpha value is -2.04. The van der Waals surface area contributed by atoms with Crippen molar-refractivity contribution in [2.45, 2.75) is 46.5 Å². The van der Waals surface area contributed by atoms with Gasteiger partial charge >= 0.3 is 5.97 Å². The predicted molar refractivity (Wildman–Crippen MR) is 94.1 cm³/mol. The molecule has 0 aromatic heterocycles. The summed E-state index contributed by atoms with van der Waals surface area (Å²) in [6, 6.07) is 7.74. The van der Waals surface area contributed by atoms with Gasteiger partial charge in [-0.05, 0) is 37.5 Å². The minimum atomic E-state index is -0.275. The van der Waals surface area contributed by atoms with E-state index in [1.807, 2.05) is 24.3 Å². The standard InChI is InChI=1S/C19H29NO4/c1-4-7-13-20(14-12-19(22)23-6-3)18(21)15-24-17-10-8-16(5-2)9-11-17/h8-11H,4-7,12-15H2,1-3H3. The summed E-state index contributed by atoms with van der Waals surface area (Å²) < 4.78 is 10.5. The van der Waals surface area contributed by atoms with Gasteiger partial charge in [0.15, 0.2) is 6.61 Å². The molecule has 0 saturated carbocycles. The van der Waals surface area contributed by atoms with Crippen molar-refractivity contribution in [3.63, 3.8) is 0 Å². The lowest BCUT2D eigenvalue weighted by molar-refractivity contribution is -0.144. The number of carbonyl (C=O) groups is 2. The Labute approximate surface area is 144 Å². The van der Waals surface area contributed by atoms with E-state index in [2.05, 4.69) is 13.8 Å². The number of unbranched alkanes of at least 4 members (excludes halogenated alkanes) is 1. The van der Waals surface area contributed by atoms with Crippen molar-refractivity contribution in [1.29, 1.82) is 0 Å². The number of carbonyl (C=O) groups excluding carboxylic acids is 2.